The van der Waals surface area contributed by atoms with Crippen LogP contribution in [0.15, 0.2) is 18.2 Å². The van der Waals surface area contributed by atoms with Crippen molar-refractivity contribution in [3.8, 4) is 0 Å². The largest absolute Gasteiger partial charge is 0.288 e. The number of rotatable bonds is 4. The van der Waals surface area contributed by atoms with E-state index in [9.17, 15) is 4.79 Å². The number of thioether (sulfide) groups is 1. The summed E-state index contributed by atoms with van der Waals surface area (Å²) in [6, 6.07) is 3.87. The number of carbonyl (C=O) groups is 1. The monoisotopic (exact) mass is 246 g/mol. The predicted octanol–water partition coefficient (Wildman–Crippen LogP) is 4.08. The highest BCUT2D eigenvalue weighted by Gasteiger charge is 1.93. The summed E-state index contributed by atoms with van der Waals surface area (Å²) in [5, 5.41) is 0.178. The average molecular weight is 247 g/mol. The van der Waals surface area contributed by atoms with E-state index >= 15 is 0 Å². The van der Waals surface area contributed by atoms with Gasteiger partial charge in [-0.25, -0.2) is 0 Å². The van der Waals surface area contributed by atoms with Crippen LogP contribution in [0.3, 0.4) is 0 Å². The second-order valence-corrected chi connectivity index (χ2v) is 5.69. The summed E-state index contributed by atoms with van der Waals surface area (Å²) in [6.07, 6.45) is 5.02. The van der Waals surface area contributed by atoms with Crippen LogP contribution in [0, 0.1) is 0 Å². The molecule has 0 radical (unpaired) electrons. The van der Waals surface area contributed by atoms with Crippen LogP contribution in [0.5, 0.6) is 0 Å². The minimum Gasteiger partial charge on any atom is -0.288 e. The van der Waals surface area contributed by atoms with E-state index in [0.717, 1.165) is 21.4 Å². The van der Waals surface area contributed by atoms with E-state index in [1.807, 2.05) is 18.2 Å². The van der Waals surface area contributed by atoms with E-state index in [1.165, 1.54) is 11.8 Å². The maximum atomic E-state index is 10.6. The number of carbonyl (C=O) groups excluding carboxylic acids is 1. The smallest absolute Gasteiger partial charge is 0.185 e. The fraction of sp³-hybridized carbons (Fsp3) is 0.300. The van der Waals surface area contributed by atoms with Gasteiger partial charge in [-0.15, -0.1) is 11.3 Å². The Morgan fingerprint density at radius 1 is 1.64 bits per heavy atom. The van der Waals surface area contributed by atoms with Gasteiger partial charge >= 0.3 is 0 Å². The predicted molar refractivity (Wildman–Crippen MR) is 66.1 cm³/mol. The second-order valence-electron chi connectivity index (χ2n) is 2.67. The van der Waals surface area contributed by atoms with Crippen molar-refractivity contribution in [3.05, 3.63) is 27.4 Å². The molecule has 0 spiro atoms. The molecule has 1 rings (SSSR count). The molecule has 0 unspecified atom stereocenters. The Hall–Kier alpha value is -0.250. The van der Waals surface area contributed by atoms with Crippen molar-refractivity contribution in [2.24, 2.45) is 0 Å². The van der Waals surface area contributed by atoms with E-state index in [-0.39, 0.29) is 5.12 Å². The minimum atomic E-state index is 0.178. The molecule has 1 nitrogen and oxygen atoms in total. The molecule has 0 N–H and O–H groups in total. The number of hydrogen-bond acceptors (Lipinski definition) is 3. The van der Waals surface area contributed by atoms with Crippen molar-refractivity contribution in [3.63, 3.8) is 0 Å². The molecule has 1 heterocycles. The normalized spacial score (nSPS) is 11.0. The zero-order chi connectivity index (χ0) is 10.4. The first kappa shape index (κ1) is 11.8. The molecule has 0 saturated heterocycles. The Morgan fingerprint density at radius 2 is 2.43 bits per heavy atom. The molecular weight excluding hydrogens is 236 g/mol. The van der Waals surface area contributed by atoms with Crippen LogP contribution in [0.1, 0.15) is 18.2 Å². The van der Waals surface area contributed by atoms with Crippen molar-refractivity contribution in [2.75, 3.05) is 5.75 Å². The summed E-state index contributed by atoms with van der Waals surface area (Å²) in [5.74, 6) is 0.852. The van der Waals surface area contributed by atoms with Crippen molar-refractivity contribution in [2.45, 2.75) is 13.3 Å². The maximum Gasteiger partial charge on any atom is 0.185 e. The Bertz CT molecular complexity index is 331. The first-order chi connectivity index (χ1) is 6.68. The van der Waals surface area contributed by atoms with Gasteiger partial charge in [0, 0.05) is 17.6 Å². The molecule has 4 heteroatoms. The fourth-order valence-electron chi connectivity index (χ4n) is 0.888. The molecule has 0 saturated carbocycles. The van der Waals surface area contributed by atoms with E-state index in [1.54, 1.807) is 18.3 Å². The van der Waals surface area contributed by atoms with Gasteiger partial charge in [0.05, 0.1) is 4.34 Å². The van der Waals surface area contributed by atoms with Crippen molar-refractivity contribution in [1.82, 2.24) is 0 Å². The van der Waals surface area contributed by atoms with Gasteiger partial charge < -0.3 is 0 Å². The van der Waals surface area contributed by atoms with Gasteiger partial charge in [0.2, 0.25) is 0 Å². The lowest BCUT2D eigenvalue weighted by molar-refractivity contribution is -0.109. The van der Waals surface area contributed by atoms with Crippen LogP contribution in [-0.4, -0.2) is 10.9 Å². The van der Waals surface area contributed by atoms with E-state index in [2.05, 4.69) is 6.08 Å². The third-order valence-corrected chi connectivity index (χ3v) is 3.51. The summed E-state index contributed by atoms with van der Waals surface area (Å²) >= 11 is 8.69. The molecule has 0 aliphatic heterocycles. The average Bonchev–Trinajstić information content (AvgIpc) is 2.50. The summed E-state index contributed by atoms with van der Waals surface area (Å²) < 4.78 is 0.808. The maximum absolute atomic E-state index is 10.6. The SMILES string of the molecule is CC(=O)SCCC=Cc1ccc(Cl)s1. The van der Waals surface area contributed by atoms with Crippen LogP contribution in [-0.2, 0) is 4.79 Å². The third-order valence-electron chi connectivity index (χ3n) is 1.47. The molecule has 0 aromatic carbocycles. The summed E-state index contributed by atoms with van der Waals surface area (Å²) in [4.78, 5) is 11.8. The van der Waals surface area contributed by atoms with Crippen LogP contribution in [0.4, 0.5) is 0 Å². The molecular formula is C10H11ClOS2. The molecule has 14 heavy (non-hydrogen) atoms. The van der Waals surface area contributed by atoms with Crippen LogP contribution in [0.25, 0.3) is 6.08 Å². The van der Waals surface area contributed by atoms with Crippen LogP contribution in [0.2, 0.25) is 4.34 Å². The summed E-state index contributed by atoms with van der Waals surface area (Å²) in [7, 11) is 0. The first-order valence-corrected chi connectivity index (χ1v) is 6.42. The van der Waals surface area contributed by atoms with Gasteiger partial charge in [-0.2, -0.15) is 0 Å². The molecule has 0 bridgehead atoms. The Kier molecular flexibility index (Phi) is 5.30. The zero-order valence-electron chi connectivity index (χ0n) is 7.83. The van der Waals surface area contributed by atoms with Gasteiger partial charge in [-0.1, -0.05) is 29.4 Å². The lowest BCUT2D eigenvalue weighted by Gasteiger charge is -1.90. The zero-order valence-corrected chi connectivity index (χ0v) is 10.2. The molecule has 0 aliphatic rings. The van der Waals surface area contributed by atoms with E-state index < -0.39 is 0 Å². The molecule has 1 aromatic rings. The lowest BCUT2D eigenvalue weighted by Crippen LogP contribution is -1.83. The fourth-order valence-corrected chi connectivity index (χ4v) is 2.42. The number of hydrogen-bond donors (Lipinski definition) is 0. The number of thiophene rings is 1. The van der Waals surface area contributed by atoms with E-state index in [0.29, 0.717) is 0 Å². The lowest BCUT2D eigenvalue weighted by atomic mass is 10.4. The quantitative estimate of drug-likeness (QED) is 0.745. The van der Waals surface area contributed by atoms with Gasteiger partial charge in [-0.3, -0.25) is 4.79 Å². The molecule has 0 atom stereocenters. The minimum absolute atomic E-state index is 0.178. The van der Waals surface area contributed by atoms with Crippen molar-refractivity contribution in [1.29, 1.82) is 0 Å². The Balaban J connectivity index is 2.24. The van der Waals surface area contributed by atoms with Crippen LogP contribution < -0.4 is 0 Å². The summed E-state index contributed by atoms with van der Waals surface area (Å²) in [5.41, 5.74) is 0. The third kappa shape index (κ3) is 4.84. The molecule has 0 amide bonds. The highest BCUT2D eigenvalue weighted by Crippen LogP contribution is 2.22. The number of allylic oxidation sites excluding steroid dienone is 1. The highest BCUT2D eigenvalue weighted by atomic mass is 35.5. The van der Waals surface area contributed by atoms with Gasteiger partial charge in [0.1, 0.15) is 0 Å². The Morgan fingerprint density at radius 3 is 3.00 bits per heavy atom. The van der Waals surface area contributed by atoms with Crippen molar-refractivity contribution < 1.29 is 4.79 Å². The summed E-state index contributed by atoms with van der Waals surface area (Å²) in [6.45, 7) is 1.59. The molecule has 0 fully saturated rings. The molecule has 1 aromatic heterocycles. The van der Waals surface area contributed by atoms with Crippen molar-refractivity contribution >= 4 is 45.9 Å². The highest BCUT2D eigenvalue weighted by molar-refractivity contribution is 8.13. The molecule has 0 aliphatic carbocycles. The standard InChI is InChI=1S/C10H11ClOS2/c1-8(12)13-7-3-2-4-9-5-6-10(11)14-9/h2,4-6H,3,7H2,1H3. The van der Waals surface area contributed by atoms with Crippen LogP contribution >= 0.6 is 34.7 Å². The van der Waals surface area contributed by atoms with E-state index in [4.69, 9.17) is 11.6 Å². The van der Waals surface area contributed by atoms with Gasteiger partial charge in [-0.05, 0) is 24.6 Å². The van der Waals surface area contributed by atoms with Gasteiger partial charge in [0.25, 0.3) is 0 Å². The van der Waals surface area contributed by atoms with Gasteiger partial charge in [0.15, 0.2) is 5.12 Å². The topological polar surface area (TPSA) is 17.1 Å². The second kappa shape index (κ2) is 6.27. The molecule has 76 valence electrons. The first-order valence-electron chi connectivity index (χ1n) is 4.24. The Labute approximate surface area is 97.2 Å². The number of halogens is 1.